The van der Waals surface area contributed by atoms with E-state index in [1.807, 2.05) is 18.2 Å². The minimum absolute atomic E-state index is 0.298. The van der Waals surface area contributed by atoms with Crippen LogP contribution in [-0.2, 0) is 4.74 Å². The van der Waals surface area contributed by atoms with Gasteiger partial charge in [-0.15, -0.1) is 0 Å². The van der Waals surface area contributed by atoms with Crippen LogP contribution in [-0.4, -0.2) is 19.1 Å². The summed E-state index contributed by atoms with van der Waals surface area (Å²) in [5, 5.41) is 3.41. The number of anilines is 1. The van der Waals surface area contributed by atoms with E-state index in [-0.39, 0.29) is 5.97 Å². The molecule has 0 saturated heterocycles. The zero-order valence-electron chi connectivity index (χ0n) is 11.7. The van der Waals surface area contributed by atoms with Crippen LogP contribution in [0.3, 0.4) is 0 Å². The van der Waals surface area contributed by atoms with Crippen molar-refractivity contribution in [3.8, 4) is 0 Å². The molecule has 0 aliphatic heterocycles. The summed E-state index contributed by atoms with van der Waals surface area (Å²) in [6.07, 6.45) is 2.32. The summed E-state index contributed by atoms with van der Waals surface area (Å²) in [6.45, 7) is 6.61. The first-order valence-corrected chi connectivity index (χ1v) is 6.48. The average molecular weight is 249 g/mol. The van der Waals surface area contributed by atoms with Gasteiger partial charge in [0, 0.05) is 11.7 Å². The Morgan fingerprint density at radius 1 is 1.28 bits per heavy atom. The molecule has 3 heteroatoms. The average Bonchev–Trinajstić information content (AvgIpc) is 2.35. The second-order valence-electron chi connectivity index (χ2n) is 5.09. The van der Waals surface area contributed by atoms with Gasteiger partial charge >= 0.3 is 5.97 Å². The van der Waals surface area contributed by atoms with Crippen LogP contribution in [0.25, 0.3) is 0 Å². The Bertz CT molecular complexity index is 388. The van der Waals surface area contributed by atoms with Crippen molar-refractivity contribution in [3.05, 3.63) is 29.8 Å². The molecule has 3 nitrogen and oxygen atoms in total. The maximum absolute atomic E-state index is 11.4. The van der Waals surface area contributed by atoms with Crippen molar-refractivity contribution in [3.63, 3.8) is 0 Å². The van der Waals surface area contributed by atoms with Crippen LogP contribution in [0.1, 0.15) is 44.0 Å². The van der Waals surface area contributed by atoms with Crippen molar-refractivity contribution < 1.29 is 9.53 Å². The maximum Gasteiger partial charge on any atom is 0.337 e. The number of carbonyl (C=O) groups is 1. The van der Waals surface area contributed by atoms with Crippen LogP contribution >= 0.6 is 0 Å². The van der Waals surface area contributed by atoms with E-state index in [2.05, 4.69) is 26.1 Å². The molecule has 1 N–H and O–H groups in total. The van der Waals surface area contributed by atoms with Crippen LogP contribution < -0.4 is 5.32 Å². The minimum Gasteiger partial charge on any atom is -0.465 e. The summed E-state index contributed by atoms with van der Waals surface area (Å²) in [5.74, 6) is 0.420. The highest BCUT2D eigenvalue weighted by Gasteiger charge is 2.07. The molecule has 100 valence electrons. The highest BCUT2D eigenvalue weighted by Crippen LogP contribution is 2.15. The Labute approximate surface area is 110 Å². The third-order valence-corrected chi connectivity index (χ3v) is 2.87. The molecule has 1 rings (SSSR count). The van der Waals surface area contributed by atoms with Crippen LogP contribution in [0.5, 0.6) is 0 Å². The van der Waals surface area contributed by atoms with Gasteiger partial charge in [-0.3, -0.25) is 0 Å². The van der Waals surface area contributed by atoms with E-state index in [0.717, 1.165) is 18.0 Å². The number of rotatable bonds is 6. The van der Waals surface area contributed by atoms with E-state index in [4.69, 9.17) is 4.74 Å². The third-order valence-electron chi connectivity index (χ3n) is 2.87. The first-order valence-electron chi connectivity index (χ1n) is 6.48. The van der Waals surface area contributed by atoms with Gasteiger partial charge in [-0.25, -0.2) is 4.79 Å². The number of ether oxygens (including phenoxy) is 1. The Morgan fingerprint density at radius 2 is 2.00 bits per heavy atom. The standard InChI is InChI=1S/C15H23NO2/c1-11(2)8-9-12(3)16-14-7-5-6-13(10-14)15(17)18-4/h5-7,10-12,16H,8-9H2,1-4H3. The number of esters is 1. The SMILES string of the molecule is COC(=O)c1cccc(NC(C)CCC(C)C)c1. The molecule has 0 radical (unpaired) electrons. The third kappa shape index (κ3) is 4.78. The van der Waals surface area contributed by atoms with Gasteiger partial charge in [0.2, 0.25) is 0 Å². The summed E-state index contributed by atoms with van der Waals surface area (Å²) >= 11 is 0. The molecule has 0 heterocycles. The molecule has 18 heavy (non-hydrogen) atoms. The van der Waals surface area contributed by atoms with Crippen molar-refractivity contribution in [1.82, 2.24) is 0 Å². The molecule has 0 bridgehead atoms. The molecular formula is C15H23NO2. The Balaban J connectivity index is 2.59. The topological polar surface area (TPSA) is 38.3 Å². The summed E-state index contributed by atoms with van der Waals surface area (Å²) in [7, 11) is 1.40. The molecule has 0 amide bonds. The summed E-state index contributed by atoms with van der Waals surface area (Å²) in [4.78, 5) is 11.4. The van der Waals surface area contributed by atoms with E-state index in [1.54, 1.807) is 6.07 Å². The molecule has 0 aliphatic carbocycles. The molecule has 1 aromatic carbocycles. The van der Waals surface area contributed by atoms with Gasteiger partial charge in [0.15, 0.2) is 0 Å². The molecular weight excluding hydrogens is 226 g/mol. The minimum atomic E-state index is -0.298. The summed E-state index contributed by atoms with van der Waals surface area (Å²) < 4.78 is 4.71. The molecule has 0 spiro atoms. The smallest absolute Gasteiger partial charge is 0.337 e. The number of carbonyl (C=O) groups excluding carboxylic acids is 1. The largest absolute Gasteiger partial charge is 0.465 e. The van der Waals surface area contributed by atoms with Crippen LogP contribution in [0, 0.1) is 5.92 Å². The predicted molar refractivity (Wildman–Crippen MR) is 74.9 cm³/mol. The lowest BCUT2D eigenvalue weighted by atomic mass is 10.0. The van der Waals surface area contributed by atoms with Gasteiger partial charge in [0.25, 0.3) is 0 Å². The molecule has 1 aromatic rings. The Kier molecular flexibility index (Phi) is 5.69. The van der Waals surface area contributed by atoms with Gasteiger partial charge in [-0.1, -0.05) is 19.9 Å². The molecule has 0 aromatic heterocycles. The number of methoxy groups -OCH3 is 1. The fourth-order valence-corrected chi connectivity index (χ4v) is 1.79. The number of hydrogen-bond donors (Lipinski definition) is 1. The van der Waals surface area contributed by atoms with Crippen molar-refractivity contribution >= 4 is 11.7 Å². The Morgan fingerprint density at radius 3 is 2.61 bits per heavy atom. The van der Waals surface area contributed by atoms with E-state index >= 15 is 0 Å². The Hall–Kier alpha value is -1.51. The first kappa shape index (κ1) is 14.6. The molecule has 1 atom stereocenters. The van der Waals surface area contributed by atoms with Crippen LogP contribution in [0.15, 0.2) is 24.3 Å². The van der Waals surface area contributed by atoms with Crippen molar-refractivity contribution in [2.24, 2.45) is 5.92 Å². The second-order valence-corrected chi connectivity index (χ2v) is 5.09. The fourth-order valence-electron chi connectivity index (χ4n) is 1.79. The van der Waals surface area contributed by atoms with Crippen molar-refractivity contribution in [2.45, 2.75) is 39.7 Å². The highest BCUT2D eigenvalue weighted by atomic mass is 16.5. The first-order chi connectivity index (χ1) is 8.52. The lowest BCUT2D eigenvalue weighted by Gasteiger charge is -2.16. The number of nitrogens with one attached hydrogen (secondary N) is 1. The van der Waals surface area contributed by atoms with E-state index in [9.17, 15) is 4.79 Å². The van der Waals surface area contributed by atoms with E-state index < -0.39 is 0 Å². The number of benzene rings is 1. The van der Waals surface area contributed by atoms with Crippen LogP contribution in [0.4, 0.5) is 5.69 Å². The highest BCUT2D eigenvalue weighted by molar-refractivity contribution is 5.90. The lowest BCUT2D eigenvalue weighted by molar-refractivity contribution is 0.0601. The quantitative estimate of drug-likeness (QED) is 0.781. The normalized spacial score (nSPS) is 12.3. The molecule has 0 fully saturated rings. The second kappa shape index (κ2) is 7.04. The fraction of sp³-hybridized carbons (Fsp3) is 0.533. The summed E-state index contributed by atoms with van der Waals surface area (Å²) in [6, 6.07) is 7.83. The lowest BCUT2D eigenvalue weighted by Crippen LogP contribution is -2.16. The maximum atomic E-state index is 11.4. The molecule has 0 aliphatic rings. The summed E-state index contributed by atoms with van der Waals surface area (Å²) in [5.41, 5.74) is 1.55. The van der Waals surface area contributed by atoms with E-state index in [0.29, 0.717) is 11.6 Å². The van der Waals surface area contributed by atoms with Crippen molar-refractivity contribution in [1.29, 1.82) is 0 Å². The van der Waals surface area contributed by atoms with Gasteiger partial charge < -0.3 is 10.1 Å². The van der Waals surface area contributed by atoms with Gasteiger partial charge in [-0.05, 0) is 43.9 Å². The zero-order chi connectivity index (χ0) is 13.5. The van der Waals surface area contributed by atoms with E-state index in [1.165, 1.54) is 13.5 Å². The van der Waals surface area contributed by atoms with Crippen LogP contribution in [0.2, 0.25) is 0 Å². The molecule has 1 unspecified atom stereocenters. The number of hydrogen-bond acceptors (Lipinski definition) is 3. The van der Waals surface area contributed by atoms with Gasteiger partial charge in [0.05, 0.1) is 12.7 Å². The molecule has 0 saturated carbocycles. The zero-order valence-corrected chi connectivity index (χ0v) is 11.7. The van der Waals surface area contributed by atoms with Gasteiger partial charge in [0.1, 0.15) is 0 Å². The van der Waals surface area contributed by atoms with Crippen molar-refractivity contribution in [2.75, 3.05) is 12.4 Å². The predicted octanol–water partition coefficient (Wildman–Crippen LogP) is 3.71. The van der Waals surface area contributed by atoms with Gasteiger partial charge in [-0.2, -0.15) is 0 Å². The monoisotopic (exact) mass is 249 g/mol.